The van der Waals surface area contributed by atoms with Gasteiger partial charge in [-0.1, -0.05) is 43.7 Å². The summed E-state index contributed by atoms with van der Waals surface area (Å²) in [5.74, 6) is 0.440. The minimum atomic E-state index is -0.366. The molecule has 0 aliphatic rings. The summed E-state index contributed by atoms with van der Waals surface area (Å²) in [4.78, 5) is 16.9. The molecule has 0 N–H and O–H groups in total. The van der Waals surface area contributed by atoms with Gasteiger partial charge in [-0.25, -0.2) is 9.78 Å². The number of benzene rings is 2. The molecule has 4 heteroatoms. The van der Waals surface area contributed by atoms with E-state index in [1.165, 1.54) is 7.11 Å². The predicted molar refractivity (Wildman–Crippen MR) is 98.9 cm³/mol. The number of hydrogen-bond acceptors (Lipinski definition) is 4. The summed E-state index contributed by atoms with van der Waals surface area (Å²) in [5, 5.41) is 0.786. The summed E-state index contributed by atoms with van der Waals surface area (Å²) in [6.07, 6.45) is 2.11. The highest BCUT2D eigenvalue weighted by Gasteiger charge is 2.14. The molecule has 0 aliphatic carbocycles. The van der Waals surface area contributed by atoms with Crippen LogP contribution in [0, 0.1) is 0 Å². The van der Waals surface area contributed by atoms with Crippen molar-refractivity contribution in [2.45, 2.75) is 19.8 Å². The van der Waals surface area contributed by atoms with E-state index in [2.05, 4.69) is 6.92 Å². The lowest BCUT2D eigenvalue weighted by Crippen LogP contribution is -2.04. The van der Waals surface area contributed by atoms with Crippen molar-refractivity contribution >= 4 is 16.9 Å². The standard InChI is InChI=1S/C21H21NO3/c1-3-4-12-25-16-9-7-8-15(13-16)20-14-18(21(23)24-2)17-10-5-6-11-19(17)22-20/h5-11,13-14H,3-4,12H2,1-2H3. The van der Waals surface area contributed by atoms with Gasteiger partial charge in [0.2, 0.25) is 0 Å². The number of aromatic nitrogens is 1. The third-order valence-electron chi connectivity index (χ3n) is 4.02. The van der Waals surface area contributed by atoms with Crippen molar-refractivity contribution in [1.82, 2.24) is 4.98 Å². The van der Waals surface area contributed by atoms with Gasteiger partial charge < -0.3 is 9.47 Å². The van der Waals surface area contributed by atoms with E-state index in [0.717, 1.165) is 40.8 Å². The molecule has 0 atom stereocenters. The van der Waals surface area contributed by atoms with Crippen molar-refractivity contribution in [3.8, 4) is 17.0 Å². The minimum absolute atomic E-state index is 0.366. The van der Waals surface area contributed by atoms with Crippen LogP contribution in [0.1, 0.15) is 30.1 Å². The highest BCUT2D eigenvalue weighted by molar-refractivity contribution is 6.04. The van der Waals surface area contributed by atoms with Crippen molar-refractivity contribution in [2.75, 3.05) is 13.7 Å². The van der Waals surface area contributed by atoms with Crippen LogP contribution in [0.25, 0.3) is 22.2 Å². The molecule has 0 amide bonds. The highest BCUT2D eigenvalue weighted by atomic mass is 16.5. The number of esters is 1. The molecule has 0 spiro atoms. The molecular formula is C21H21NO3. The number of nitrogens with zero attached hydrogens (tertiary/aromatic N) is 1. The summed E-state index contributed by atoms with van der Waals surface area (Å²) in [6.45, 7) is 2.83. The molecule has 3 rings (SSSR count). The molecule has 0 radical (unpaired) electrons. The number of unbranched alkanes of at least 4 members (excludes halogenated alkanes) is 1. The van der Waals surface area contributed by atoms with Crippen LogP contribution >= 0.6 is 0 Å². The number of pyridine rings is 1. The molecule has 1 aromatic heterocycles. The number of fused-ring (bicyclic) bond motifs is 1. The maximum Gasteiger partial charge on any atom is 0.338 e. The summed E-state index contributed by atoms with van der Waals surface area (Å²) >= 11 is 0. The van der Waals surface area contributed by atoms with E-state index in [-0.39, 0.29) is 5.97 Å². The Labute approximate surface area is 147 Å². The van der Waals surface area contributed by atoms with E-state index in [1.807, 2.05) is 48.5 Å². The summed E-state index contributed by atoms with van der Waals surface area (Å²) in [5.41, 5.74) is 2.91. The fourth-order valence-corrected chi connectivity index (χ4v) is 2.68. The van der Waals surface area contributed by atoms with Gasteiger partial charge in [0, 0.05) is 10.9 Å². The molecule has 0 saturated heterocycles. The van der Waals surface area contributed by atoms with E-state index in [4.69, 9.17) is 14.5 Å². The first-order chi connectivity index (χ1) is 12.2. The monoisotopic (exact) mass is 335 g/mol. The Morgan fingerprint density at radius 2 is 1.92 bits per heavy atom. The maximum absolute atomic E-state index is 12.2. The lowest BCUT2D eigenvalue weighted by atomic mass is 10.0. The van der Waals surface area contributed by atoms with Crippen molar-refractivity contribution in [1.29, 1.82) is 0 Å². The summed E-state index contributed by atoms with van der Waals surface area (Å²) < 4.78 is 10.7. The van der Waals surface area contributed by atoms with Gasteiger partial charge in [0.25, 0.3) is 0 Å². The van der Waals surface area contributed by atoms with Crippen LogP contribution in [0.4, 0.5) is 0 Å². The number of para-hydroxylation sites is 1. The zero-order chi connectivity index (χ0) is 17.6. The normalized spacial score (nSPS) is 10.6. The smallest absolute Gasteiger partial charge is 0.338 e. The first kappa shape index (κ1) is 17.0. The fourth-order valence-electron chi connectivity index (χ4n) is 2.68. The predicted octanol–water partition coefficient (Wildman–Crippen LogP) is 4.87. The van der Waals surface area contributed by atoms with Gasteiger partial charge in [-0.15, -0.1) is 0 Å². The van der Waals surface area contributed by atoms with Crippen molar-refractivity contribution < 1.29 is 14.3 Å². The minimum Gasteiger partial charge on any atom is -0.494 e. The average molecular weight is 335 g/mol. The topological polar surface area (TPSA) is 48.4 Å². The zero-order valence-electron chi connectivity index (χ0n) is 14.5. The Bertz CT molecular complexity index is 889. The molecular weight excluding hydrogens is 314 g/mol. The maximum atomic E-state index is 12.2. The van der Waals surface area contributed by atoms with Crippen LogP contribution in [0.2, 0.25) is 0 Å². The quantitative estimate of drug-likeness (QED) is 0.476. The van der Waals surface area contributed by atoms with Gasteiger partial charge in [-0.2, -0.15) is 0 Å². The molecule has 2 aromatic carbocycles. The number of carbonyl (C=O) groups excluding carboxylic acids is 1. The van der Waals surface area contributed by atoms with Crippen molar-refractivity contribution in [3.63, 3.8) is 0 Å². The van der Waals surface area contributed by atoms with E-state index in [0.29, 0.717) is 12.2 Å². The molecule has 3 aromatic rings. The van der Waals surface area contributed by atoms with E-state index >= 15 is 0 Å². The summed E-state index contributed by atoms with van der Waals surface area (Å²) in [7, 11) is 1.39. The Balaban J connectivity index is 2.04. The van der Waals surface area contributed by atoms with Crippen LogP contribution in [0.15, 0.2) is 54.6 Å². The van der Waals surface area contributed by atoms with Crippen molar-refractivity contribution in [2.24, 2.45) is 0 Å². The first-order valence-corrected chi connectivity index (χ1v) is 8.44. The lowest BCUT2D eigenvalue weighted by Gasteiger charge is -2.10. The van der Waals surface area contributed by atoms with E-state index in [1.54, 1.807) is 6.07 Å². The average Bonchev–Trinajstić information content (AvgIpc) is 2.67. The van der Waals surface area contributed by atoms with Crippen LogP contribution in [-0.2, 0) is 4.74 Å². The molecule has 0 saturated carbocycles. The number of methoxy groups -OCH3 is 1. The third-order valence-corrected chi connectivity index (χ3v) is 4.02. The molecule has 1 heterocycles. The number of hydrogen-bond donors (Lipinski definition) is 0. The Morgan fingerprint density at radius 1 is 1.08 bits per heavy atom. The molecule has 0 bridgehead atoms. The van der Waals surface area contributed by atoms with E-state index in [9.17, 15) is 4.79 Å². The van der Waals surface area contributed by atoms with Crippen LogP contribution in [0.3, 0.4) is 0 Å². The SMILES string of the molecule is CCCCOc1cccc(-c2cc(C(=O)OC)c3ccccc3n2)c1. The van der Waals surface area contributed by atoms with Crippen molar-refractivity contribution in [3.05, 3.63) is 60.2 Å². The molecule has 0 unspecified atom stereocenters. The Kier molecular flexibility index (Phi) is 5.29. The third kappa shape index (κ3) is 3.79. The highest BCUT2D eigenvalue weighted by Crippen LogP contribution is 2.27. The molecule has 25 heavy (non-hydrogen) atoms. The fraction of sp³-hybridized carbons (Fsp3) is 0.238. The van der Waals surface area contributed by atoms with E-state index < -0.39 is 0 Å². The number of carbonyl (C=O) groups is 1. The second kappa shape index (κ2) is 7.79. The largest absolute Gasteiger partial charge is 0.494 e. The number of rotatable bonds is 6. The van der Waals surface area contributed by atoms with Crippen LogP contribution in [-0.4, -0.2) is 24.7 Å². The van der Waals surface area contributed by atoms with Gasteiger partial charge in [0.15, 0.2) is 0 Å². The van der Waals surface area contributed by atoms with Gasteiger partial charge in [0.05, 0.1) is 30.5 Å². The van der Waals surface area contributed by atoms with Crippen LogP contribution in [0.5, 0.6) is 5.75 Å². The zero-order valence-corrected chi connectivity index (χ0v) is 14.5. The second-order valence-corrected chi connectivity index (χ2v) is 5.79. The second-order valence-electron chi connectivity index (χ2n) is 5.79. The summed E-state index contributed by atoms with van der Waals surface area (Å²) in [6, 6.07) is 17.1. The van der Waals surface area contributed by atoms with Gasteiger partial charge in [-0.05, 0) is 30.7 Å². The van der Waals surface area contributed by atoms with Gasteiger partial charge in [0.1, 0.15) is 5.75 Å². The Morgan fingerprint density at radius 3 is 2.72 bits per heavy atom. The molecule has 0 fully saturated rings. The van der Waals surface area contributed by atoms with Crippen LogP contribution < -0.4 is 4.74 Å². The van der Waals surface area contributed by atoms with Gasteiger partial charge >= 0.3 is 5.97 Å². The first-order valence-electron chi connectivity index (χ1n) is 8.44. The molecule has 128 valence electrons. The van der Waals surface area contributed by atoms with Gasteiger partial charge in [-0.3, -0.25) is 0 Å². The lowest BCUT2D eigenvalue weighted by molar-refractivity contribution is 0.0603. The Hall–Kier alpha value is -2.88. The molecule has 4 nitrogen and oxygen atoms in total. The molecule has 0 aliphatic heterocycles. The number of ether oxygens (including phenoxy) is 2.